The predicted octanol–water partition coefficient (Wildman–Crippen LogP) is 5.86. The molecule has 4 rings (SSSR count). The Bertz CT molecular complexity index is 989. The molecule has 1 unspecified atom stereocenters. The molecule has 3 heteroatoms. The van der Waals surface area contributed by atoms with Crippen LogP contribution in [0.4, 0.5) is 0 Å². The highest BCUT2D eigenvalue weighted by molar-refractivity contribution is 5.89. The summed E-state index contributed by atoms with van der Waals surface area (Å²) in [4.78, 5) is 7.59. The largest absolute Gasteiger partial charge is 0.353 e. The quantitative estimate of drug-likeness (QED) is 0.550. The van der Waals surface area contributed by atoms with Gasteiger partial charge in [-0.05, 0) is 35.1 Å². The van der Waals surface area contributed by atoms with Gasteiger partial charge in [0.05, 0.1) is 12.6 Å². The van der Waals surface area contributed by atoms with Gasteiger partial charge < -0.3 is 10.2 Å². The second-order valence-corrected chi connectivity index (χ2v) is 8.78. The number of aryl methyl sites for hydroxylation is 1. The minimum Gasteiger partial charge on any atom is -0.353 e. The molecular weight excluding hydrogens is 378 g/mol. The van der Waals surface area contributed by atoms with E-state index in [1.54, 1.807) is 0 Å². The number of amidine groups is 1. The van der Waals surface area contributed by atoms with E-state index >= 15 is 0 Å². The van der Waals surface area contributed by atoms with Crippen molar-refractivity contribution in [2.45, 2.75) is 45.8 Å². The number of nitrogens with one attached hydrogen (secondary N) is 1. The summed E-state index contributed by atoms with van der Waals surface area (Å²) in [6.45, 7) is 10.1. The molecule has 0 saturated carbocycles. The van der Waals surface area contributed by atoms with Crippen LogP contribution >= 0.6 is 0 Å². The van der Waals surface area contributed by atoms with Gasteiger partial charge in [-0.2, -0.15) is 0 Å². The maximum Gasteiger partial charge on any atom is 0.121 e. The molecule has 1 atom stereocenters. The van der Waals surface area contributed by atoms with Crippen LogP contribution in [-0.2, 0) is 13.1 Å². The number of piperazine rings is 1. The minimum absolute atomic E-state index is 0.115. The first kappa shape index (κ1) is 21.3. The predicted molar refractivity (Wildman–Crippen MR) is 130 cm³/mol. The minimum atomic E-state index is 0.115. The summed E-state index contributed by atoms with van der Waals surface area (Å²) in [6, 6.07) is 28.5. The van der Waals surface area contributed by atoms with Crippen LogP contribution in [0, 0.1) is 6.92 Å². The Hall–Kier alpha value is -2.91. The second kappa shape index (κ2) is 9.93. The molecule has 0 aliphatic carbocycles. The normalized spacial score (nSPS) is 18.0. The van der Waals surface area contributed by atoms with Crippen molar-refractivity contribution in [2.24, 2.45) is 4.99 Å². The molecular formula is C28H33N3. The molecule has 1 aliphatic heterocycles. The van der Waals surface area contributed by atoms with Crippen molar-refractivity contribution in [2.75, 3.05) is 13.1 Å². The van der Waals surface area contributed by atoms with Gasteiger partial charge in [0.2, 0.25) is 0 Å². The molecule has 1 saturated heterocycles. The molecule has 1 N–H and O–H groups in total. The van der Waals surface area contributed by atoms with Gasteiger partial charge in [0.25, 0.3) is 0 Å². The van der Waals surface area contributed by atoms with Crippen molar-refractivity contribution >= 4 is 5.84 Å². The fraction of sp³-hybridized carbons (Fsp3) is 0.321. The van der Waals surface area contributed by atoms with Gasteiger partial charge in [0, 0.05) is 19.6 Å². The third kappa shape index (κ3) is 5.42. The Morgan fingerprint density at radius 2 is 1.61 bits per heavy atom. The van der Waals surface area contributed by atoms with Crippen LogP contribution in [0.1, 0.15) is 53.6 Å². The highest BCUT2D eigenvalue weighted by Crippen LogP contribution is 2.24. The van der Waals surface area contributed by atoms with Crippen LogP contribution < -0.4 is 5.32 Å². The fourth-order valence-corrected chi connectivity index (χ4v) is 4.09. The molecule has 3 nitrogen and oxygen atoms in total. The number of rotatable bonds is 6. The second-order valence-electron chi connectivity index (χ2n) is 8.78. The summed E-state index contributed by atoms with van der Waals surface area (Å²) in [6.07, 6.45) is 0. The van der Waals surface area contributed by atoms with Crippen molar-refractivity contribution in [3.8, 4) is 0 Å². The smallest absolute Gasteiger partial charge is 0.121 e. The Morgan fingerprint density at radius 3 is 2.29 bits per heavy atom. The van der Waals surface area contributed by atoms with Gasteiger partial charge in [-0.1, -0.05) is 98.3 Å². The van der Waals surface area contributed by atoms with Gasteiger partial charge in [0.15, 0.2) is 0 Å². The molecule has 31 heavy (non-hydrogen) atoms. The van der Waals surface area contributed by atoms with Gasteiger partial charge in [-0.3, -0.25) is 4.99 Å². The summed E-state index contributed by atoms with van der Waals surface area (Å²) in [5, 5.41) is 3.72. The standard InChI is InChI=1S/C28H33N3/c1-21(2)25-13-15-26(16-14-25)27-28(30-19-23-7-5-4-6-8-23)31(18-17-29-27)20-24-11-9-22(3)10-12-24/h4-16,21,27,29H,17-20H2,1-3H3. The zero-order chi connectivity index (χ0) is 21.6. The van der Waals surface area contributed by atoms with E-state index in [-0.39, 0.29) is 6.04 Å². The van der Waals surface area contributed by atoms with E-state index in [1.165, 1.54) is 27.8 Å². The molecule has 1 fully saturated rings. The molecule has 1 heterocycles. The summed E-state index contributed by atoms with van der Waals surface area (Å²) in [7, 11) is 0. The third-order valence-corrected chi connectivity index (χ3v) is 6.01. The Labute approximate surface area is 186 Å². The van der Waals surface area contributed by atoms with Gasteiger partial charge >= 0.3 is 0 Å². The molecule has 0 aromatic heterocycles. The molecule has 0 radical (unpaired) electrons. The lowest BCUT2D eigenvalue weighted by Gasteiger charge is -2.37. The van der Waals surface area contributed by atoms with Crippen LogP contribution in [0.15, 0.2) is 83.9 Å². The van der Waals surface area contributed by atoms with E-state index in [4.69, 9.17) is 4.99 Å². The highest BCUT2D eigenvalue weighted by atomic mass is 15.3. The molecule has 160 valence electrons. The highest BCUT2D eigenvalue weighted by Gasteiger charge is 2.27. The lowest BCUT2D eigenvalue weighted by atomic mass is 9.97. The summed E-state index contributed by atoms with van der Waals surface area (Å²) < 4.78 is 0. The van der Waals surface area contributed by atoms with E-state index in [1.807, 2.05) is 0 Å². The van der Waals surface area contributed by atoms with Gasteiger partial charge in [-0.15, -0.1) is 0 Å². The van der Waals surface area contributed by atoms with Gasteiger partial charge in [0.1, 0.15) is 5.84 Å². The topological polar surface area (TPSA) is 27.6 Å². The molecule has 0 spiro atoms. The number of aliphatic imine (C=N–C) groups is 1. The Balaban J connectivity index is 1.63. The zero-order valence-electron chi connectivity index (χ0n) is 18.9. The first-order chi connectivity index (χ1) is 15.1. The van der Waals surface area contributed by atoms with Crippen LogP contribution in [0.25, 0.3) is 0 Å². The molecule has 3 aromatic rings. The first-order valence-corrected chi connectivity index (χ1v) is 11.3. The van der Waals surface area contributed by atoms with Crippen molar-refractivity contribution < 1.29 is 0 Å². The molecule has 1 aliphatic rings. The first-order valence-electron chi connectivity index (χ1n) is 11.3. The average Bonchev–Trinajstić information content (AvgIpc) is 2.80. The van der Waals surface area contributed by atoms with E-state index in [9.17, 15) is 0 Å². The average molecular weight is 412 g/mol. The van der Waals surface area contributed by atoms with Crippen LogP contribution in [0.3, 0.4) is 0 Å². The Kier molecular flexibility index (Phi) is 6.83. The van der Waals surface area contributed by atoms with Crippen molar-refractivity contribution in [1.82, 2.24) is 10.2 Å². The number of nitrogens with zero attached hydrogens (tertiary/aromatic N) is 2. The zero-order valence-corrected chi connectivity index (χ0v) is 18.9. The van der Waals surface area contributed by atoms with Gasteiger partial charge in [-0.25, -0.2) is 0 Å². The SMILES string of the molecule is Cc1ccc(CN2CCNC(c3ccc(C(C)C)cc3)C2=NCc2ccccc2)cc1. The van der Waals surface area contributed by atoms with E-state index in [0.717, 1.165) is 25.5 Å². The maximum absolute atomic E-state index is 5.14. The third-order valence-electron chi connectivity index (χ3n) is 6.01. The molecule has 0 bridgehead atoms. The fourth-order valence-electron chi connectivity index (χ4n) is 4.09. The summed E-state index contributed by atoms with van der Waals surface area (Å²) in [5.74, 6) is 1.67. The van der Waals surface area contributed by atoms with Crippen molar-refractivity contribution in [1.29, 1.82) is 0 Å². The number of benzene rings is 3. The van der Waals surface area contributed by atoms with E-state index < -0.39 is 0 Å². The van der Waals surface area contributed by atoms with Crippen LogP contribution in [-0.4, -0.2) is 23.8 Å². The summed E-state index contributed by atoms with van der Waals surface area (Å²) >= 11 is 0. The monoisotopic (exact) mass is 411 g/mol. The summed E-state index contributed by atoms with van der Waals surface area (Å²) in [5.41, 5.74) is 6.52. The van der Waals surface area contributed by atoms with Crippen LogP contribution in [0.5, 0.6) is 0 Å². The van der Waals surface area contributed by atoms with Crippen molar-refractivity contribution in [3.63, 3.8) is 0 Å². The lowest BCUT2D eigenvalue weighted by Crippen LogP contribution is -2.49. The van der Waals surface area contributed by atoms with Crippen molar-refractivity contribution in [3.05, 3.63) is 107 Å². The molecule has 3 aromatic carbocycles. The maximum atomic E-state index is 5.14. The van der Waals surface area contributed by atoms with E-state index in [2.05, 4.69) is 110 Å². The Morgan fingerprint density at radius 1 is 0.903 bits per heavy atom. The number of hydrogen-bond acceptors (Lipinski definition) is 2. The van der Waals surface area contributed by atoms with Crippen LogP contribution in [0.2, 0.25) is 0 Å². The number of hydrogen-bond donors (Lipinski definition) is 1. The lowest BCUT2D eigenvalue weighted by molar-refractivity contribution is 0.343. The molecule has 0 amide bonds. The van der Waals surface area contributed by atoms with E-state index in [0.29, 0.717) is 12.5 Å².